The Bertz CT molecular complexity index is 823. The summed E-state index contributed by atoms with van der Waals surface area (Å²) in [5.41, 5.74) is 0.253. The van der Waals surface area contributed by atoms with Gasteiger partial charge in [-0.05, 0) is 34.1 Å². The molecule has 1 amide bonds. The first-order chi connectivity index (χ1) is 12.0. The average molecular weight is 414 g/mol. The van der Waals surface area contributed by atoms with Crippen LogP contribution >= 0.6 is 11.8 Å². The Balaban J connectivity index is 2.48. The molecule has 1 N–H and O–H groups in total. The summed E-state index contributed by atoms with van der Waals surface area (Å²) in [7, 11) is -3.58. The third-order valence-corrected chi connectivity index (χ3v) is 7.22. The van der Waals surface area contributed by atoms with E-state index in [2.05, 4.69) is 20.8 Å². The van der Waals surface area contributed by atoms with Gasteiger partial charge in [0, 0.05) is 18.7 Å². The molecule has 27 heavy (non-hydrogen) atoms. The minimum absolute atomic E-state index is 0.161. The van der Waals surface area contributed by atoms with Crippen molar-refractivity contribution in [1.29, 1.82) is 0 Å². The van der Waals surface area contributed by atoms with E-state index in [0.29, 0.717) is 17.1 Å². The molecule has 0 spiro atoms. The molecule has 1 heterocycles. The monoisotopic (exact) mass is 413 g/mol. The fourth-order valence-electron chi connectivity index (χ4n) is 3.03. The number of carbonyl (C=O) groups is 1. The standard InChI is InChI=1S/C20H31NO4S2/c1-18(2,3)15-10-14(12-20(23,13-15)19(4,5)6)11-16-17(22)21(8-9-26-16)27(7,24)25/h10-11,13,23H,8-9,12H2,1-7H3/b16-11+. The zero-order chi connectivity index (χ0) is 20.8. The zero-order valence-electron chi connectivity index (χ0n) is 17.3. The van der Waals surface area contributed by atoms with E-state index >= 15 is 0 Å². The van der Waals surface area contributed by atoms with Crippen molar-refractivity contribution in [3.8, 4) is 0 Å². The molecule has 5 nitrogen and oxygen atoms in total. The number of nitrogens with zero attached hydrogens (tertiary/aromatic N) is 1. The number of sulfonamides is 1. The Hall–Kier alpha value is -1.05. The molecule has 0 saturated carbocycles. The molecule has 1 fully saturated rings. The van der Waals surface area contributed by atoms with Crippen LogP contribution in [0.15, 0.2) is 34.3 Å². The molecule has 1 aliphatic heterocycles. The second kappa shape index (κ2) is 7.08. The van der Waals surface area contributed by atoms with Crippen LogP contribution < -0.4 is 0 Å². The highest BCUT2D eigenvalue weighted by Gasteiger charge is 2.42. The lowest BCUT2D eigenvalue weighted by atomic mass is 9.67. The molecule has 0 aromatic rings. The molecule has 1 atom stereocenters. The number of allylic oxidation sites excluding steroid dienone is 3. The van der Waals surface area contributed by atoms with Gasteiger partial charge in [0.1, 0.15) is 0 Å². The van der Waals surface area contributed by atoms with Crippen LogP contribution in [0.5, 0.6) is 0 Å². The predicted molar refractivity (Wildman–Crippen MR) is 112 cm³/mol. The topological polar surface area (TPSA) is 74.7 Å². The highest BCUT2D eigenvalue weighted by molar-refractivity contribution is 8.04. The lowest BCUT2D eigenvalue weighted by molar-refractivity contribution is -0.121. The molecule has 7 heteroatoms. The second-order valence-electron chi connectivity index (χ2n) is 9.42. The van der Waals surface area contributed by atoms with Crippen LogP contribution in [-0.2, 0) is 14.8 Å². The maximum Gasteiger partial charge on any atom is 0.273 e. The lowest BCUT2D eigenvalue weighted by Crippen LogP contribution is -2.43. The van der Waals surface area contributed by atoms with Gasteiger partial charge < -0.3 is 5.11 Å². The maximum atomic E-state index is 12.6. The minimum Gasteiger partial charge on any atom is -0.385 e. The van der Waals surface area contributed by atoms with Gasteiger partial charge in [-0.1, -0.05) is 47.6 Å². The van der Waals surface area contributed by atoms with E-state index in [-0.39, 0.29) is 17.4 Å². The van der Waals surface area contributed by atoms with E-state index in [1.165, 1.54) is 11.8 Å². The van der Waals surface area contributed by atoms with Gasteiger partial charge in [-0.3, -0.25) is 4.79 Å². The van der Waals surface area contributed by atoms with Crippen LogP contribution in [0.1, 0.15) is 48.0 Å². The van der Waals surface area contributed by atoms with Gasteiger partial charge in [0.25, 0.3) is 5.91 Å². The van der Waals surface area contributed by atoms with Crippen molar-refractivity contribution < 1.29 is 18.3 Å². The van der Waals surface area contributed by atoms with E-state index in [0.717, 1.165) is 21.7 Å². The Kier molecular flexibility index (Phi) is 5.83. The smallest absolute Gasteiger partial charge is 0.273 e. The SMILES string of the molecule is CC(C)(C)C1=CC(O)(C(C)(C)C)CC(/C=C2/SCCN(S(C)(=O)=O)C2=O)=C1. The molecule has 1 saturated heterocycles. The van der Waals surface area contributed by atoms with Crippen molar-refractivity contribution in [3.63, 3.8) is 0 Å². The largest absolute Gasteiger partial charge is 0.385 e. The summed E-state index contributed by atoms with van der Waals surface area (Å²) >= 11 is 1.36. The second-order valence-corrected chi connectivity index (χ2v) is 12.5. The molecule has 2 aliphatic rings. The molecule has 1 unspecified atom stereocenters. The average Bonchev–Trinajstić information content (AvgIpc) is 2.45. The van der Waals surface area contributed by atoms with Crippen molar-refractivity contribution in [3.05, 3.63) is 34.3 Å². The van der Waals surface area contributed by atoms with Crippen molar-refractivity contribution in [2.24, 2.45) is 10.8 Å². The Morgan fingerprint density at radius 2 is 1.81 bits per heavy atom. The van der Waals surface area contributed by atoms with Crippen LogP contribution in [0.3, 0.4) is 0 Å². The van der Waals surface area contributed by atoms with Crippen LogP contribution in [0, 0.1) is 10.8 Å². The van der Waals surface area contributed by atoms with E-state index < -0.39 is 21.5 Å². The zero-order valence-corrected chi connectivity index (χ0v) is 18.9. The highest BCUT2D eigenvalue weighted by Crippen LogP contribution is 2.44. The lowest BCUT2D eigenvalue weighted by Gasteiger charge is -2.42. The van der Waals surface area contributed by atoms with Crippen molar-refractivity contribution in [2.75, 3.05) is 18.6 Å². The summed E-state index contributed by atoms with van der Waals surface area (Å²) in [4.78, 5) is 13.0. The maximum absolute atomic E-state index is 12.6. The number of rotatable bonds is 2. The Morgan fingerprint density at radius 1 is 1.22 bits per heavy atom. The van der Waals surface area contributed by atoms with E-state index in [1.54, 1.807) is 6.08 Å². The van der Waals surface area contributed by atoms with Crippen molar-refractivity contribution in [1.82, 2.24) is 4.31 Å². The molecule has 0 radical (unpaired) electrons. The summed E-state index contributed by atoms with van der Waals surface area (Å²) < 4.78 is 24.6. The molecule has 152 valence electrons. The molecule has 0 aromatic carbocycles. The molecule has 0 bridgehead atoms. The number of thioether (sulfide) groups is 1. The van der Waals surface area contributed by atoms with Crippen LogP contribution in [0.4, 0.5) is 0 Å². The number of carbonyl (C=O) groups excluding carboxylic acids is 1. The molecular formula is C20H31NO4S2. The Labute approximate surface area is 167 Å². The first-order valence-electron chi connectivity index (χ1n) is 9.07. The number of hydrogen-bond donors (Lipinski definition) is 1. The quantitative estimate of drug-likeness (QED) is 0.702. The summed E-state index contributed by atoms with van der Waals surface area (Å²) in [6, 6.07) is 0. The van der Waals surface area contributed by atoms with E-state index in [1.807, 2.05) is 32.9 Å². The molecule has 2 rings (SSSR count). The normalized spacial score (nSPS) is 26.9. The summed E-state index contributed by atoms with van der Waals surface area (Å²) in [6.45, 7) is 12.4. The van der Waals surface area contributed by atoms with Crippen LogP contribution in [0.25, 0.3) is 0 Å². The number of aliphatic hydroxyl groups is 1. The predicted octanol–water partition coefficient (Wildman–Crippen LogP) is 3.49. The van der Waals surface area contributed by atoms with Gasteiger partial charge in [0.2, 0.25) is 10.0 Å². The fourth-order valence-corrected chi connectivity index (χ4v) is 4.99. The summed E-state index contributed by atoms with van der Waals surface area (Å²) in [6.07, 6.45) is 7.14. The van der Waals surface area contributed by atoms with Gasteiger partial charge in [-0.15, -0.1) is 11.8 Å². The van der Waals surface area contributed by atoms with Gasteiger partial charge in [-0.2, -0.15) is 0 Å². The highest BCUT2D eigenvalue weighted by atomic mass is 32.2. The first-order valence-corrected chi connectivity index (χ1v) is 11.9. The van der Waals surface area contributed by atoms with Gasteiger partial charge in [0.05, 0.1) is 16.8 Å². The van der Waals surface area contributed by atoms with Gasteiger partial charge >= 0.3 is 0 Å². The van der Waals surface area contributed by atoms with Gasteiger partial charge in [0.15, 0.2) is 0 Å². The summed E-state index contributed by atoms with van der Waals surface area (Å²) in [5.74, 6) is 0.0458. The third-order valence-electron chi connectivity index (χ3n) is 5.08. The minimum atomic E-state index is -3.58. The van der Waals surface area contributed by atoms with Crippen LogP contribution in [0.2, 0.25) is 0 Å². The Morgan fingerprint density at radius 3 is 2.30 bits per heavy atom. The third kappa shape index (κ3) is 4.87. The van der Waals surface area contributed by atoms with E-state index in [4.69, 9.17) is 0 Å². The number of amides is 1. The van der Waals surface area contributed by atoms with Crippen molar-refractivity contribution in [2.45, 2.75) is 53.6 Å². The fraction of sp³-hybridized carbons (Fsp3) is 0.650. The number of hydrogen-bond acceptors (Lipinski definition) is 5. The van der Waals surface area contributed by atoms with Gasteiger partial charge in [-0.25, -0.2) is 12.7 Å². The van der Waals surface area contributed by atoms with Crippen LogP contribution in [-0.4, -0.2) is 47.9 Å². The first kappa shape index (κ1) is 22.2. The molecule has 1 aliphatic carbocycles. The molecule has 0 aromatic heterocycles. The van der Waals surface area contributed by atoms with E-state index in [9.17, 15) is 18.3 Å². The van der Waals surface area contributed by atoms with Crippen molar-refractivity contribution >= 4 is 27.7 Å². The molecular weight excluding hydrogens is 382 g/mol. The summed E-state index contributed by atoms with van der Waals surface area (Å²) in [5, 5.41) is 11.3.